The Hall–Kier alpha value is -1.53. The van der Waals surface area contributed by atoms with Gasteiger partial charge < -0.3 is 9.15 Å². The second-order valence-corrected chi connectivity index (χ2v) is 7.05. The summed E-state index contributed by atoms with van der Waals surface area (Å²) in [4.78, 5) is 11.3. The summed E-state index contributed by atoms with van der Waals surface area (Å²) in [5, 5.41) is 8.83. The summed E-state index contributed by atoms with van der Waals surface area (Å²) in [6.07, 6.45) is 0.348. The van der Waals surface area contributed by atoms with E-state index >= 15 is 0 Å². The first-order chi connectivity index (χ1) is 10.5. The van der Waals surface area contributed by atoms with Gasteiger partial charge in [0.25, 0.3) is 0 Å². The van der Waals surface area contributed by atoms with Gasteiger partial charge in [-0.2, -0.15) is 0 Å². The van der Waals surface area contributed by atoms with E-state index in [1.54, 1.807) is 23.9 Å². The van der Waals surface area contributed by atoms with E-state index < -0.39 is 0 Å². The zero-order chi connectivity index (χ0) is 16.1. The van der Waals surface area contributed by atoms with Crippen LogP contribution in [0.2, 0.25) is 5.02 Å². The molecule has 7 heteroatoms. The molecule has 5 nitrogen and oxygen atoms in total. The molecule has 0 unspecified atom stereocenters. The van der Waals surface area contributed by atoms with Crippen LogP contribution in [0.3, 0.4) is 0 Å². The summed E-state index contributed by atoms with van der Waals surface area (Å²) in [6, 6.07) is 7.25. The zero-order valence-corrected chi connectivity index (χ0v) is 14.1. The molecular formula is C15H17ClN2O3S. The first-order valence-electron chi connectivity index (χ1n) is 6.81. The average molecular weight is 341 g/mol. The zero-order valence-electron chi connectivity index (χ0n) is 12.6. The maximum atomic E-state index is 11.3. The normalized spacial score (nSPS) is 13.6. The van der Waals surface area contributed by atoms with E-state index in [4.69, 9.17) is 16.0 Å². The Morgan fingerprint density at radius 1 is 1.41 bits per heavy atom. The average Bonchev–Trinajstić information content (AvgIpc) is 2.96. The van der Waals surface area contributed by atoms with E-state index in [9.17, 15) is 4.79 Å². The van der Waals surface area contributed by atoms with Gasteiger partial charge in [-0.3, -0.25) is 4.79 Å². The van der Waals surface area contributed by atoms with Gasteiger partial charge in [0.15, 0.2) is 0 Å². The standard InChI is InChI=1S/C15H17ClN2O3S/c1-9(7-13(19)20-3)22-10(2)14-17-18-15(21-14)11-5-4-6-12(16)8-11/h4-6,8-10H,7H2,1-3H3/t9-,10+/m0/s1. The Kier molecular flexibility index (Phi) is 5.85. The van der Waals surface area contributed by atoms with Gasteiger partial charge in [0.2, 0.25) is 11.8 Å². The van der Waals surface area contributed by atoms with Crippen LogP contribution < -0.4 is 0 Å². The van der Waals surface area contributed by atoms with Crippen molar-refractivity contribution in [2.75, 3.05) is 7.11 Å². The first-order valence-corrected chi connectivity index (χ1v) is 8.13. The van der Waals surface area contributed by atoms with E-state index in [0.29, 0.717) is 23.2 Å². The van der Waals surface area contributed by atoms with Gasteiger partial charge in [-0.25, -0.2) is 0 Å². The molecule has 0 fully saturated rings. The number of halogens is 1. The highest BCUT2D eigenvalue weighted by Gasteiger charge is 2.20. The number of hydrogen-bond donors (Lipinski definition) is 0. The van der Waals surface area contributed by atoms with Gasteiger partial charge in [0.05, 0.1) is 18.8 Å². The van der Waals surface area contributed by atoms with Gasteiger partial charge in [0.1, 0.15) is 0 Å². The minimum Gasteiger partial charge on any atom is -0.469 e. The Morgan fingerprint density at radius 2 is 2.18 bits per heavy atom. The van der Waals surface area contributed by atoms with Crippen LogP contribution in [0, 0.1) is 0 Å². The first kappa shape index (κ1) is 16.8. The van der Waals surface area contributed by atoms with Crippen LogP contribution in [0.1, 0.15) is 31.4 Å². The van der Waals surface area contributed by atoms with Crippen molar-refractivity contribution >= 4 is 29.3 Å². The molecular weight excluding hydrogens is 324 g/mol. The molecule has 0 aliphatic rings. The van der Waals surface area contributed by atoms with Crippen LogP contribution >= 0.6 is 23.4 Å². The molecule has 0 radical (unpaired) electrons. The molecule has 1 aromatic carbocycles. The fraction of sp³-hybridized carbons (Fsp3) is 0.400. The molecule has 0 aliphatic heterocycles. The third-order valence-electron chi connectivity index (χ3n) is 2.98. The minimum absolute atomic E-state index is 0.0138. The molecule has 2 aromatic rings. The number of carbonyl (C=O) groups excluding carboxylic acids is 1. The second-order valence-electron chi connectivity index (χ2n) is 4.82. The highest BCUT2D eigenvalue weighted by atomic mass is 35.5. The number of rotatable bonds is 6. The Morgan fingerprint density at radius 3 is 2.86 bits per heavy atom. The highest BCUT2D eigenvalue weighted by molar-refractivity contribution is 8.00. The summed E-state index contributed by atoms with van der Waals surface area (Å²) in [6.45, 7) is 3.93. The largest absolute Gasteiger partial charge is 0.469 e. The fourth-order valence-electron chi connectivity index (χ4n) is 1.91. The van der Waals surface area contributed by atoms with Crippen LogP contribution in [0.4, 0.5) is 0 Å². The highest BCUT2D eigenvalue weighted by Crippen LogP contribution is 2.33. The fourth-order valence-corrected chi connectivity index (χ4v) is 3.24. The SMILES string of the molecule is COC(=O)C[C@H](C)S[C@H](C)c1nnc(-c2cccc(Cl)c2)o1. The maximum absolute atomic E-state index is 11.3. The number of carbonyl (C=O) groups is 1. The molecule has 0 saturated carbocycles. The molecule has 0 aliphatic carbocycles. The molecule has 0 saturated heterocycles. The molecule has 22 heavy (non-hydrogen) atoms. The van der Waals surface area contributed by atoms with Gasteiger partial charge in [0, 0.05) is 15.8 Å². The van der Waals surface area contributed by atoms with E-state index in [1.165, 1.54) is 7.11 Å². The molecule has 2 rings (SSSR count). The van der Waals surface area contributed by atoms with Crippen LogP contribution in [-0.4, -0.2) is 28.5 Å². The summed E-state index contributed by atoms with van der Waals surface area (Å²) in [5.41, 5.74) is 0.783. The monoisotopic (exact) mass is 340 g/mol. The topological polar surface area (TPSA) is 65.2 Å². The smallest absolute Gasteiger partial charge is 0.306 e. The molecule has 0 spiro atoms. The lowest BCUT2D eigenvalue weighted by molar-refractivity contribution is -0.140. The number of benzene rings is 1. The van der Waals surface area contributed by atoms with Crippen LogP contribution in [0.15, 0.2) is 28.7 Å². The Balaban J connectivity index is 2.03. The summed E-state index contributed by atoms with van der Waals surface area (Å²) < 4.78 is 10.4. The summed E-state index contributed by atoms with van der Waals surface area (Å²) in [7, 11) is 1.39. The van der Waals surface area contributed by atoms with Crippen molar-refractivity contribution in [3.63, 3.8) is 0 Å². The molecule has 2 atom stereocenters. The van der Waals surface area contributed by atoms with Crippen molar-refractivity contribution in [2.24, 2.45) is 0 Å². The number of nitrogens with zero attached hydrogens (tertiary/aromatic N) is 2. The van der Waals surface area contributed by atoms with E-state index in [0.717, 1.165) is 5.56 Å². The van der Waals surface area contributed by atoms with Crippen molar-refractivity contribution < 1.29 is 13.9 Å². The van der Waals surface area contributed by atoms with Crippen LogP contribution in [0.5, 0.6) is 0 Å². The third kappa shape index (κ3) is 4.48. The van der Waals surface area contributed by atoms with Gasteiger partial charge >= 0.3 is 5.97 Å². The lowest BCUT2D eigenvalue weighted by Gasteiger charge is -2.13. The van der Waals surface area contributed by atoms with E-state index in [2.05, 4.69) is 14.9 Å². The van der Waals surface area contributed by atoms with Crippen molar-refractivity contribution in [1.82, 2.24) is 10.2 Å². The number of esters is 1. The number of thioether (sulfide) groups is 1. The van der Waals surface area contributed by atoms with Gasteiger partial charge in [-0.15, -0.1) is 22.0 Å². The Bertz CT molecular complexity index is 647. The molecule has 0 amide bonds. The Labute approximate surface area is 138 Å². The van der Waals surface area contributed by atoms with Crippen molar-refractivity contribution in [3.8, 4) is 11.5 Å². The number of hydrogen-bond acceptors (Lipinski definition) is 6. The number of methoxy groups -OCH3 is 1. The van der Waals surface area contributed by atoms with E-state index in [-0.39, 0.29) is 16.5 Å². The molecule has 0 bridgehead atoms. The lowest BCUT2D eigenvalue weighted by Crippen LogP contribution is -2.09. The minimum atomic E-state index is -0.225. The predicted molar refractivity (Wildman–Crippen MR) is 86.8 cm³/mol. The molecule has 1 aromatic heterocycles. The van der Waals surface area contributed by atoms with Gasteiger partial charge in [-0.05, 0) is 25.1 Å². The predicted octanol–water partition coefficient (Wildman–Crippen LogP) is 4.14. The molecule has 118 valence electrons. The van der Waals surface area contributed by atoms with Crippen LogP contribution in [-0.2, 0) is 9.53 Å². The lowest BCUT2D eigenvalue weighted by atomic mass is 10.2. The van der Waals surface area contributed by atoms with Crippen molar-refractivity contribution in [1.29, 1.82) is 0 Å². The molecule has 0 N–H and O–H groups in total. The second kappa shape index (κ2) is 7.65. The number of ether oxygens (including phenoxy) is 1. The summed E-state index contributed by atoms with van der Waals surface area (Å²) >= 11 is 7.54. The van der Waals surface area contributed by atoms with Gasteiger partial charge in [-0.1, -0.05) is 24.6 Å². The van der Waals surface area contributed by atoms with Crippen molar-refractivity contribution in [2.45, 2.75) is 30.8 Å². The molecule has 1 heterocycles. The van der Waals surface area contributed by atoms with Crippen LogP contribution in [0.25, 0.3) is 11.5 Å². The number of aromatic nitrogens is 2. The maximum Gasteiger partial charge on any atom is 0.306 e. The summed E-state index contributed by atoms with van der Waals surface area (Å²) in [5.74, 6) is 0.736. The van der Waals surface area contributed by atoms with E-state index in [1.807, 2.05) is 26.0 Å². The quantitative estimate of drug-likeness (QED) is 0.736. The van der Waals surface area contributed by atoms with Crippen molar-refractivity contribution in [3.05, 3.63) is 35.2 Å². The third-order valence-corrected chi connectivity index (χ3v) is 4.45.